The minimum Gasteiger partial charge on any atom is -0.493 e. The van der Waals surface area contributed by atoms with Crippen LogP contribution in [0, 0.1) is 12.8 Å². The Labute approximate surface area is 96.6 Å². The Morgan fingerprint density at radius 1 is 1.38 bits per heavy atom. The molecule has 1 aromatic rings. The molecule has 0 N–H and O–H groups in total. The summed E-state index contributed by atoms with van der Waals surface area (Å²) in [6.45, 7) is 4.37. The Hall–Kier alpha value is -1.31. The molecule has 86 valence electrons. The summed E-state index contributed by atoms with van der Waals surface area (Å²) in [5.74, 6) is 1.65. The smallest absolute Gasteiger partial charge is 0.159 e. The standard InChI is InChI=1S/C14H18O2/c1-10-6-13(11(2)15)8-14(7-10)16-9-12-4-3-5-12/h6-8,12H,3-5,9H2,1-2H3. The molecule has 1 aliphatic carbocycles. The molecular weight excluding hydrogens is 200 g/mol. The normalized spacial score (nSPS) is 15.6. The first-order valence-electron chi connectivity index (χ1n) is 5.90. The molecule has 0 amide bonds. The van der Waals surface area contributed by atoms with E-state index >= 15 is 0 Å². The topological polar surface area (TPSA) is 26.3 Å². The largest absolute Gasteiger partial charge is 0.493 e. The van der Waals surface area contributed by atoms with E-state index in [2.05, 4.69) is 0 Å². The lowest BCUT2D eigenvalue weighted by molar-refractivity contribution is 0.101. The molecule has 0 heterocycles. The van der Waals surface area contributed by atoms with Crippen molar-refractivity contribution in [2.24, 2.45) is 5.92 Å². The first-order chi connectivity index (χ1) is 7.65. The van der Waals surface area contributed by atoms with Crippen LogP contribution in [0.3, 0.4) is 0 Å². The molecule has 0 saturated heterocycles. The monoisotopic (exact) mass is 218 g/mol. The molecule has 1 aliphatic rings. The van der Waals surface area contributed by atoms with Gasteiger partial charge in [-0.3, -0.25) is 4.79 Å². The zero-order valence-corrected chi connectivity index (χ0v) is 9.95. The second kappa shape index (κ2) is 4.69. The molecule has 2 rings (SSSR count). The first-order valence-corrected chi connectivity index (χ1v) is 5.90. The quantitative estimate of drug-likeness (QED) is 0.724. The average molecular weight is 218 g/mol. The van der Waals surface area contributed by atoms with Gasteiger partial charge in [-0.1, -0.05) is 6.42 Å². The number of hydrogen-bond acceptors (Lipinski definition) is 2. The van der Waals surface area contributed by atoms with Crippen molar-refractivity contribution in [3.05, 3.63) is 29.3 Å². The lowest BCUT2D eigenvalue weighted by Gasteiger charge is -2.25. The molecule has 0 aromatic heterocycles. The van der Waals surface area contributed by atoms with Gasteiger partial charge in [0.25, 0.3) is 0 Å². The predicted molar refractivity (Wildman–Crippen MR) is 64.0 cm³/mol. The summed E-state index contributed by atoms with van der Waals surface area (Å²) >= 11 is 0. The van der Waals surface area contributed by atoms with Gasteiger partial charge in [0.15, 0.2) is 5.78 Å². The number of benzene rings is 1. The van der Waals surface area contributed by atoms with Crippen LogP contribution in [0.15, 0.2) is 18.2 Å². The van der Waals surface area contributed by atoms with E-state index in [1.807, 2.05) is 25.1 Å². The summed E-state index contributed by atoms with van der Waals surface area (Å²) < 4.78 is 5.73. The van der Waals surface area contributed by atoms with Crippen LogP contribution in [0.2, 0.25) is 0 Å². The first kappa shape index (κ1) is 11.2. The lowest BCUT2D eigenvalue weighted by atomic mass is 9.86. The van der Waals surface area contributed by atoms with Crippen molar-refractivity contribution in [3.63, 3.8) is 0 Å². The summed E-state index contributed by atoms with van der Waals surface area (Å²) in [6, 6.07) is 5.73. The van der Waals surface area contributed by atoms with Crippen LogP contribution >= 0.6 is 0 Å². The van der Waals surface area contributed by atoms with Gasteiger partial charge in [0.05, 0.1) is 6.61 Å². The predicted octanol–water partition coefficient (Wildman–Crippen LogP) is 3.38. The summed E-state index contributed by atoms with van der Waals surface area (Å²) in [7, 11) is 0. The van der Waals surface area contributed by atoms with Gasteiger partial charge < -0.3 is 4.74 Å². The number of Topliss-reactive ketones (excluding diaryl/α,β-unsaturated/α-hetero) is 1. The van der Waals surface area contributed by atoms with Gasteiger partial charge in [0, 0.05) is 5.56 Å². The van der Waals surface area contributed by atoms with Crippen molar-refractivity contribution in [2.75, 3.05) is 6.61 Å². The van der Waals surface area contributed by atoms with E-state index in [0.29, 0.717) is 0 Å². The third kappa shape index (κ3) is 2.63. The van der Waals surface area contributed by atoms with E-state index in [1.54, 1.807) is 6.92 Å². The van der Waals surface area contributed by atoms with Gasteiger partial charge in [0.1, 0.15) is 5.75 Å². The highest BCUT2D eigenvalue weighted by Crippen LogP contribution is 2.27. The fourth-order valence-corrected chi connectivity index (χ4v) is 1.91. The van der Waals surface area contributed by atoms with Crippen LogP contribution in [0.25, 0.3) is 0 Å². The average Bonchev–Trinajstić information content (AvgIpc) is 2.14. The van der Waals surface area contributed by atoms with Crippen molar-refractivity contribution in [3.8, 4) is 5.75 Å². The van der Waals surface area contributed by atoms with Crippen molar-refractivity contribution in [1.82, 2.24) is 0 Å². The molecule has 0 spiro atoms. The third-order valence-corrected chi connectivity index (χ3v) is 3.17. The summed E-state index contributed by atoms with van der Waals surface area (Å²) in [5.41, 5.74) is 1.82. The van der Waals surface area contributed by atoms with Gasteiger partial charge in [-0.15, -0.1) is 0 Å². The summed E-state index contributed by atoms with van der Waals surface area (Å²) in [5, 5.41) is 0. The minimum atomic E-state index is 0.0946. The second-order valence-electron chi connectivity index (χ2n) is 4.70. The van der Waals surface area contributed by atoms with Crippen molar-refractivity contribution < 1.29 is 9.53 Å². The van der Waals surface area contributed by atoms with Crippen LogP contribution in [0.4, 0.5) is 0 Å². The molecule has 2 heteroatoms. The van der Waals surface area contributed by atoms with E-state index in [0.717, 1.165) is 29.4 Å². The van der Waals surface area contributed by atoms with E-state index in [1.165, 1.54) is 19.3 Å². The van der Waals surface area contributed by atoms with Gasteiger partial charge in [-0.05, 0) is 56.4 Å². The van der Waals surface area contributed by atoms with Crippen LogP contribution in [0.1, 0.15) is 42.1 Å². The summed E-state index contributed by atoms with van der Waals surface area (Å²) in [4.78, 5) is 11.3. The number of carbonyl (C=O) groups excluding carboxylic acids is 1. The van der Waals surface area contributed by atoms with Crippen molar-refractivity contribution in [2.45, 2.75) is 33.1 Å². The Balaban J connectivity index is 2.04. The number of rotatable bonds is 4. The molecule has 1 saturated carbocycles. The number of ether oxygens (including phenoxy) is 1. The second-order valence-corrected chi connectivity index (χ2v) is 4.70. The molecule has 0 atom stereocenters. The van der Waals surface area contributed by atoms with Crippen LogP contribution in [-0.4, -0.2) is 12.4 Å². The molecule has 0 bridgehead atoms. The van der Waals surface area contributed by atoms with Gasteiger partial charge in [0.2, 0.25) is 0 Å². The molecule has 16 heavy (non-hydrogen) atoms. The lowest BCUT2D eigenvalue weighted by Crippen LogP contribution is -2.19. The highest BCUT2D eigenvalue weighted by Gasteiger charge is 2.18. The zero-order chi connectivity index (χ0) is 11.5. The number of carbonyl (C=O) groups is 1. The van der Waals surface area contributed by atoms with E-state index in [-0.39, 0.29) is 5.78 Å². The van der Waals surface area contributed by atoms with Gasteiger partial charge >= 0.3 is 0 Å². The Kier molecular flexibility index (Phi) is 3.28. The van der Waals surface area contributed by atoms with Crippen LogP contribution in [0.5, 0.6) is 5.75 Å². The maximum absolute atomic E-state index is 11.3. The molecule has 1 aromatic carbocycles. The van der Waals surface area contributed by atoms with Gasteiger partial charge in [-0.2, -0.15) is 0 Å². The Morgan fingerprint density at radius 3 is 2.69 bits per heavy atom. The molecule has 2 nitrogen and oxygen atoms in total. The number of hydrogen-bond donors (Lipinski definition) is 0. The summed E-state index contributed by atoms with van der Waals surface area (Å²) in [6.07, 6.45) is 3.90. The highest BCUT2D eigenvalue weighted by atomic mass is 16.5. The van der Waals surface area contributed by atoms with Crippen molar-refractivity contribution in [1.29, 1.82) is 0 Å². The van der Waals surface area contributed by atoms with Crippen LogP contribution < -0.4 is 4.74 Å². The van der Waals surface area contributed by atoms with E-state index < -0.39 is 0 Å². The highest BCUT2D eigenvalue weighted by molar-refractivity contribution is 5.94. The fourth-order valence-electron chi connectivity index (χ4n) is 1.91. The molecule has 0 radical (unpaired) electrons. The maximum atomic E-state index is 11.3. The maximum Gasteiger partial charge on any atom is 0.159 e. The SMILES string of the molecule is CC(=O)c1cc(C)cc(OCC2CCC2)c1. The number of aryl methyl sites for hydroxylation is 1. The molecule has 1 fully saturated rings. The Morgan fingerprint density at radius 2 is 2.12 bits per heavy atom. The number of ketones is 1. The van der Waals surface area contributed by atoms with Crippen molar-refractivity contribution >= 4 is 5.78 Å². The van der Waals surface area contributed by atoms with E-state index in [4.69, 9.17) is 4.74 Å². The molecule has 0 aliphatic heterocycles. The third-order valence-electron chi connectivity index (χ3n) is 3.17. The minimum absolute atomic E-state index is 0.0946. The fraction of sp³-hybridized carbons (Fsp3) is 0.500. The van der Waals surface area contributed by atoms with Gasteiger partial charge in [-0.25, -0.2) is 0 Å². The Bertz CT molecular complexity index is 392. The molecular formula is C14H18O2. The van der Waals surface area contributed by atoms with Crippen LogP contribution in [-0.2, 0) is 0 Å². The zero-order valence-electron chi connectivity index (χ0n) is 9.95. The van der Waals surface area contributed by atoms with E-state index in [9.17, 15) is 4.79 Å². The molecule has 0 unspecified atom stereocenters.